The lowest BCUT2D eigenvalue weighted by Gasteiger charge is -2.08. The van der Waals surface area contributed by atoms with Crippen LogP contribution in [0, 0.1) is 5.82 Å². The summed E-state index contributed by atoms with van der Waals surface area (Å²) in [7, 11) is 1.16. The highest BCUT2D eigenvalue weighted by molar-refractivity contribution is 5.49. The van der Waals surface area contributed by atoms with Crippen LogP contribution < -0.4 is 0 Å². The van der Waals surface area contributed by atoms with Crippen molar-refractivity contribution in [1.29, 1.82) is 0 Å². The fourth-order valence-electron chi connectivity index (χ4n) is 1.64. The Labute approximate surface area is 163 Å². The maximum Gasteiger partial charge on any atom is 0.200 e. The van der Waals surface area contributed by atoms with Crippen molar-refractivity contribution in [3.63, 3.8) is 0 Å². The number of halogens is 3. The van der Waals surface area contributed by atoms with Crippen molar-refractivity contribution in [2.45, 2.75) is 6.61 Å². The Balaban J connectivity index is 0.00000352. The van der Waals surface area contributed by atoms with Gasteiger partial charge in [0.05, 0.1) is 7.11 Å². The predicted molar refractivity (Wildman–Crippen MR) is 106 cm³/mol. The molecular weight excluding hydrogens is 369 g/mol. The monoisotopic (exact) mass is 392 g/mol. The zero-order valence-corrected chi connectivity index (χ0v) is 15.7. The van der Waals surface area contributed by atoms with Crippen LogP contribution in [0.5, 0.6) is 5.75 Å². The van der Waals surface area contributed by atoms with Crippen molar-refractivity contribution in [2.75, 3.05) is 7.11 Å². The molecule has 0 unspecified atom stereocenters. The maximum absolute atomic E-state index is 13.9. The van der Waals surface area contributed by atoms with Gasteiger partial charge in [0.1, 0.15) is 18.1 Å². The summed E-state index contributed by atoms with van der Waals surface area (Å²) < 4.78 is 50.6. The lowest BCUT2D eigenvalue weighted by Crippen LogP contribution is -1.94. The van der Waals surface area contributed by atoms with Crippen molar-refractivity contribution in [2.24, 2.45) is 0 Å². The van der Waals surface area contributed by atoms with Gasteiger partial charge >= 0.3 is 0 Å². The van der Waals surface area contributed by atoms with Gasteiger partial charge in [0.15, 0.2) is 17.4 Å². The molecule has 1 aromatic rings. The molecule has 0 aliphatic carbocycles. The third-order valence-corrected chi connectivity index (χ3v) is 3.24. The van der Waals surface area contributed by atoms with Crippen LogP contribution in [0.1, 0.15) is 5.56 Å². The molecule has 0 aliphatic heterocycles. The van der Waals surface area contributed by atoms with Crippen LogP contribution in [0.15, 0.2) is 104 Å². The molecule has 0 radical (unpaired) electrons. The van der Waals surface area contributed by atoms with Gasteiger partial charge in [-0.25, -0.2) is 8.78 Å². The Kier molecular flexibility index (Phi) is 10.6. The van der Waals surface area contributed by atoms with Gasteiger partial charge in [-0.1, -0.05) is 38.5 Å². The van der Waals surface area contributed by atoms with E-state index in [-0.39, 0.29) is 23.5 Å². The normalized spacial score (nSPS) is 11.0. The lowest BCUT2D eigenvalue weighted by atomic mass is 10.1. The van der Waals surface area contributed by atoms with Crippen LogP contribution in [0.3, 0.4) is 0 Å². The Morgan fingerprint density at radius 1 is 1.07 bits per heavy atom. The first-order chi connectivity index (χ1) is 13.2. The van der Waals surface area contributed by atoms with Crippen molar-refractivity contribution < 1.29 is 27.8 Å². The van der Waals surface area contributed by atoms with E-state index >= 15 is 0 Å². The number of ether oxygens (including phenoxy) is 2. The third kappa shape index (κ3) is 7.45. The van der Waals surface area contributed by atoms with E-state index < -0.39 is 29.0 Å². The van der Waals surface area contributed by atoms with Crippen LogP contribution in [0.2, 0.25) is 0 Å². The molecule has 1 N–H and O–H groups in total. The van der Waals surface area contributed by atoms with Crippen LogP contribution in [0.4, 0.5) is 13.2 Å². The Morgan fingerprint density at radius 2 is 1.68 bits per heavy atom. The highest BCUT2D eigenvalue weighted by Gasteiger charge is 2.14. The van der Waals surface area contributed by atoms with Crippen molar-refractivity contribution in [1.82, 2.24) is 0 Å². The third-order valence-electron chi connectivity index (χ3n) is 3.24. The first kappa shape index (κ1) is 24.6. The van der Waals surface area contributed by atoms with Crippen molar-refractivity contribution in [3.8, 4) is 5.75 Å². The molecule has 28 heavy (non-hydrogen) atoms. The molecule has 150 valence electrons. The largest absolute Gasteiger partial charge is 0.505 e. The summed E-state index contributed by atoms with van der Waals surface area (Å²) in [6.07, 6.45) is 2.71. The van der Waals surface area contributed by atoms with Crippen LogP contribution in [0.25, 0.3) is 0 Å². The molecule has 3 nitrogen and oxygen atoms in total. The summed E-state index contributed by atoms with van der Waals surface area (Å²) in [5.74, 6) is -4.01. The van der Waals surface area contributed by atoms with Gasteiger partial charge in [-0.3, -0.25) is 0 Å². The van der Waals surface area contributed by atoms with Gasteiger partial charge in [-0.05, 0) is 29.3 Å². The predicted octanol–water partition coefficient (Wildman–Crippen LogP) is 6.34. The number of methoxy groups -OCH3 is 1. The van der Waals surface area contributed by atoms with E-state index in [4.69, 9.17) is 9.84 Å². The molecule has 1 rings (SSSR count). The number of phenolic OH excluding ortho intramolecular Hbond substituents is 1. The molecule has 0 saturated carbocycles. The van der Waals surface area contributed by atoms with Gasteiger partial charge in [-0.15, -0.1) is 13.2 Å². The highest BCUT2D eigenvalue weighted by Crippen LogP contribution is 2.26. The number of hydrogen-bond acceptors (Lipinski definition) is 3. The van der Waals surface area contributed by atoms with E-state index in [1.807, 2.05) is 0 Å². The highest BCUT2D eigenvalue weighted by atomic mass is 19.2. The smallest absolute Gasteiger partial charge is 0.200 e. The molecule has 0 bridgehead atoms. The molecular formula is C22H23F3O3. The van der Waals surface area contributed by atoms with Crippen molar-refractivity contribution >= 4 is 0 Å². The van der Waals surface area contributed by atoms with Crippen LogP contribution in [-0.2, 0) is 16.1 Å². The Morgan fingerprint density at radius 3 is 2.21 bits per heavy atom. The number of aromatic hydroxyl groups is 1. The quantitative estimate of drug-likeness (QED) is 0.303. The molecule has 0 heterocycles. The molecule has 0 amide bonds. The zero-order valence-electron chi connectivity index (χ0n) is 15.7. The second-order valence-corrected chi connectivity index (χ2v) is 5.13. The van der Waals surface area contributed by atoms with Gasteiger partial charge in [0, 0.05) is 5.57 Å². The number of allylic oxidation sites excluding steroid dienone is 6. The van der Waals surface area contributed by atoms with E-state index in [2.05, 4.69) is 44.2 Å². The van der Waals surface area contributed by atoms with E-state index in [0.29, 0.717) is 5.56 Å². The summed E-state index contributed by atoms with van der Waals surface area (Å²) in [6, 6.07) is 3.82. The Bertz CT molecular complexity index is 820. The minimum Gasteiger partial charge on any atom is -0.505 e. The molecule has 0 fully saturated rings. The van der Waals surface area contributed by atoms with E-state index in [1.54, 1.807) is 0 Å². The van der Waals surface area contributed by atoms with Gasteiger partial charge < -0.3 is 14.6 Å². The molecule has 0 spiro atoms. The van der Waals surface area contributed by atoms with E-state index in [9.17, 15) is 13.2 Å². The second kappa shape index (κ2) is 12.1. The number of hydrogen-bond donors (Lipinski definition) is 1. The molecule has 0 aliphatic rings. The Hall–Kier alpha value is -3.41. The fourth-order valence-corrected chi connectivity index (χ4v) is 1.64. The van der Waals surface area contributed by atoms with Crippen LogP contribution >= 0.6 is 0 Å². The lowest BCUT2D eigenvalue weighted by molar-refractivity contribution is 0.212. The summed E-state index contributed by atoms with van der Waals surface area (Å²) in [4.78, 5) is 0. The van der Waals surface area contributed by atoms with E-state index in [1.165, 1.54) is 24.3 Å². The summed E-state index contributed by atoms with van der Waals surface area (Å²) in [5, 5.41) is 9.12. The summed E-state index contributed by atoms with van der Waals surface area (Å²) >= 11 is 0. The van der Waals surface area contributed by atoms with Gasteiger partial charge in [0.2, 0.25) is 5.83 Å². The topological polar surface area (TPSA) is 38.7 Å². The molecule has 1 aromatic carbocycles. The molecule has 0 atom stereocenters. The average Bonchev–Trinajstić information content (AvgIpc) is 2.71. The maximum atomic E-state index is 13.9. The zero-order chi connectivity index (χ0) is 21.9. The van der Waals surface area contributed by atoms with Gasteiger partial charge in [0.25, 0.3) is 0 Å². The summed E-state index contributed by atoms with van der Waals surface area (Å²) in [6.45, 7) is 19.9. The first-order valence-corrected chi connectivity index (χ1v) is 7.81. The minimum absolute atomic E-state index is 0.00432. The number of benzene rings is 1. The standard InChI is InChI=1S/C20H19F3O3.C2H4/c1-12(14(3)19(22)20(23)15(4)25-5)6-7-13(2)26-11-16-8-9-18(24)17(21)10-16;1-2/h6-10,24H,1-4,11H2,5H3;1-2H2/b7-6-,20-19-;. The molecule has 0 aromatic heterocycles. The molecule has 6 heteroatoms. The molecule has 0 saturated heterocycles. The van der Waals surface area contributed by atoms with E-state index in [0.717, 1.165) is 13.2 Å². The average molecular weight is 392 g/mol. The number of rotatable bonds is 9. The fraction of sp³-hybridized carbons (Fsp3) is 0.0909. The number of phenols is 1. The van der Waals surface area contributed by atoms with Crippen molar-refractivity contribution in [3.05, 3.63) is 116 Å². The second-order valence-electron chi connectivity index (χ2n) is 5.13. The first-order valence-electron chi connectivity index (χ1n) is 7.81. The summed E-state index contributed by atoms with van der Waals surface area (Å²) in [5.41, 5.74) is 0.277. The SMILES string of the molecule is C=C.C=C(/C=C\C(=C)C(=C)/C(F)=C(/F)C(=C)OC)OCc1ccc(O)c(F)c1. The van der Waals surface area contributed by atoms with Crippen LogP contribution in [-0.4, -0.2) is 12.2 Å². The van der Waals surface area contributed by atoms with Gasteiger partial charge in [-0.2, -0.15) is 4.39 Å². The minimum atomic E-state index is -1.27.